The molecule has 1 aromatic carbocycles. The number of aromatic nitrogens is 2. The largest absolute Gasteiger partial charge is 0.500 e. The van der Waals surface area contributed by atoms with Gasteiger partial charge >= 0.3 is 0 Å². The molecule has 1 aliphatic carbocycles. The number of carbonyl (C=O) groups excluding carboxylic acids is 1. The maximum Gasteiger partial charge on any atom is 0.248 e. The molecular weight excluding hydrogens is 410 g/mol. The number of rotatable bonds is 5. The summed E-state index contributed by atoms with van der Waals surface area (Å²) in [7, 11) is 1.87. The zero-order valence-corrected chi connectivity index (χ0v) is 18.1. The number of nitrogens with two attached hydrogens (primary N) is 1. The molecule has 0 spiro atoms. The highest BCUT2D eigenvalue weighted by Gasteiger charge is 2.30. The van der Waals surface area contributed by atoms with Crippen molar-refractivity contribution in [2.45, 2.75) is 25.9 Å². The molecule has 3 heterocycles. The van der Waals surface area contributed by atoms with Crippen LogP contribution in [0.15, 0.2) is 29.4 Å². The molecule has 31 heavy (non-hydrogen) atoms. The first-order valence-electron chi connectivity index (χ1n) is 10.1. The van der Waals surface area contributed by atoms with E-state index in [1.54, 1.807) is 22.2 Å². The van der Waals surface area contributed by atoms with E-state index in [9.17, 15) is 4.79 Å². The van der Waals surface area contributed by atoms with Gasteiger partial charge in [-0.3, -0.25) is 14.5 Å². The average molecular weight is 432 g/mol. The van der Waals surface area contributed by atoms with Gasteiger partial charge in [0.15, 0.2) is 5.78 Å². The Labute approximate surface area is 184 Å². The van der Waals surface area contributed by atoms with Crippen LogP contribution in [0.1, 0.15) is 33.6 Å². The Balaban J connectivity index is 1.65. The number of aliphatic imine (C=N–C) groups is 1. The van der Waals surface area contributed by atoms with E-state index in [4.69, 9.17) is 17.0 Å². The summed E-state index contributed by atoms with van der Waals surface area (Å²) in [5.41, 5.74) is 11.2. The summed E-state index contributed by atoms with van der Waals surface area (Å²) < 4.78 is 7.85. The lowest BCUT2D eigenvalue weighted by atomic mass is 9.92. The molecule has 3 aromatic rings. The molecular formula is C23H21N5O2S. The van der Waals surface area contributed by atoms with Gasteiger partial charge in [-0.2, -0.15) is 5.10 Å². The molecule has 8 heteroatoms. The first-order chi connectivity index (χ1) is 15.0. The second-order valence-electron chi connectivity index (χ2n) is 7.78. The lowest BCUT2D eigenvalue weighted by molar-refractivity contribution is 0.1000. The smallest absolute Gasteiger partial charge is 0.248 e. The van der Waals surface area contributed by atoms with E-state index >= 15 is 0 Å². The van der Waals surface area contributed by atoms with E-state index in [0.717, 1.165) is 50.7 Å². The van der Waals surface area contributed by atoms with Crippen LogP contribution < -0.4 is 10.5 Å². The van der Waals surface area contributed by atoms with Crippen molar-refractivity contribution in [2.75, 3.05) is 13.1 Å². The fourth-order valence-corrected chi connectivity index (χ4v) is 5.01. The maximum atomic E-state index is 12.3. The molecule has 1 aliphatic heterocycles. The van der Waals surface area contributed by atoms with Gasteiger partial charge in [0.25, 0.3) is 0 Å². The predicted molar refractivity (Wildman–Crippen MR) is 121 cm³/mol. The minimum Gasteiger partial charge on any atom is -0.500 e. The van der Waals surface area contributed by atoms with Crippen LogP contribution in [0.4, 0.5) is 5.69 Å². The summed E-state index contributed by atoms with van der Waals surface area (Å²) in [4.78, 5) is 22.3. The number of nitrogens with zero attached hydrogens (tertiary/aromatic N) is 4. The molecule has 0 radical (unpaired) electrons. The molecule has 5 rings (SSSR count). The Hall–Kier alpha value is -3.28. The van der Waals surface area contributed by atoms with Gasteiger partial charge in [-0.05, 0) is 31.4 Å². The minimum atomic E-state index is -0.00352. The molecule has 0 bridgehead atoms. The van der Waals surface area contributed by atoms with Gasteiger partial charge in [0.05, 0.1) is 35.2 Å². The lowest BCUT2D eigenvalue weighted by Crippen LogP contribution is -2.24. The van der Waals surface area contributed by atoms with E-state index in [2.05, 4.69) is 14.9 Å². The van der Waals surface area contributed by atoms with Crippen LogP contribution in [0.3, 0.4) is 0 Å². The number of aryl methyl sites for hydroxylation is 2. The highest BCUT2D eigenvalue weighted by atomic mass is 32.1. The summed E-state index contributed by atoms with van der Waals surface area (Å²) in [5, 5.41) is 4.48. The van der Waals surface area contributed by atoms with Crippen molar-refractivity contribution >= 4 is 28.5 Å². The van der Waals surface area contributed by atoms with Crippen LogP contribution >= 0.6 is 11.3 Å². The maximum absolute atomic E-state index is 12.3. The van der Waals surface area contributed by atoms with Crippen molar-refractivity contribution in [1.29, 1.82) is 0 Å². The van der Waals surface area contributed by atoms with E-state index in [1.165, 1.54) is 0 Å². The van der Waals surface area contributed by atoms with E-state index in [0.29, 0.717) is 17.0 Å². The topological polar surface area (TPSA) is 86.9 Å². The highest BCUT2D eigenvalue weighted by Crippen LogP contribution is 2.51. The zero-order chi connectivity index (χ0) is 21.7. The van der Waals surface area contributed by atoms with Crippen LogP contribution in [-0.4, -0.2) is 40.5 Å². The minimum absolute atomic E-state index is 0.00352. The number of fused-ring (bicyclic) bond motifs is 1. The summed E-state index contributed by atoms with van der Waals surface area (Å²) in [6.07, 6.45) is 4.10. The number of thiophene rings is 1. The van der Waals surface area contributed by atoms with Crippen LogP contribution in [0.2, 0.25) is 0 Å². The van der Waals surface area contributed by atoms with Crippen LogP contribution in [-0.2, 0) is 7.05 Å². The first kappa shape index (κ1) is 19.7. The summed E-state index contributed by atoms with van der Waals surface area (Å²) in [6, 6.07) is 5.72. The van der Waals surface area contributed by atoms with Gasteiger partial charge in [0.1, 0.15) is 12.3 Å². The normalized spacial score (nSPS) is 15.4. The molecule has 1 saturated carbocycles. The summed E-state index contributed by atoms with van der Waals surface area (Å²) >= 11 is 1.55. The van der Waals surface area contributed by atoms with Crippen molar-refractivity contribution in [1.82, 2.24) is 9.78 Å². The zero-order valence-electron chi connectivity index (χ0n) is 17.3. The number of hydrogen-bond donors (Lipinski definition) is 1. The van der Waals surface area contributed by atoms with Crippen LogP contribution in [0.25, 0.3) is 26.5 Å². The first-order valence-corrected chi connectivity index (χ1v) is 10.9. The van der Waals surface area contributed by atoms with Crippen LogP contribution in [0, 0.1) is 13.5 Å². The van der Waals surface area contributed by atoms with Crippen LogP contribution in [0.5, 0.6) is 5.75 Å². The van der Waals surface area contributed by atoms with E-state index in [1.807, 2.05) is 32.2 Å². The monoisotopic (exact) mass is 431 g/mol. The fraction of sp³-hybridized carbons (Fsp3) is 0.304. The number of hydrogen-bond acceptors (Lipinski definition) is 6. The number of ether oxygens (including phenoxy) is 1. The number of ketones is 1. The molecule has 1 fully saturated rings. The number of benzene rings is 1. The van der Waals surface area contributed by atoms with Gasteiger partial charge < -0.3 is 10.5 Å². The Kier molecular flexibility index (Phi) is 4.73. The molecule has 156 valence electrons. The Bertz CT molecular complexity index is 1290. The van der Waals surface area contributed by atoms with E-state index in [-0.39, 0.29) is 25.0 Å². The third-order valence-electron chi connectivity index (χ3n) is 5.63. The quantitative estimate of drug-likeness (QED) is 0.615. The van der Waals surface area contributed by atoms with Gasteiger partial charge in [0, 0.05) is 35.2 Å². The molecule has 7 nitrogen and oxygen atoms in total. The summed E-state index contributed by atoms with van der Waals surface area (Å²) in [5.74, 6) is 0.689. The lowest BCUT2D eigenvalue weighted by Gasteiger charge is -2.16. The SMILES string of the molecule is [C-]#[N+]c1c(-c2c(-c3ccc4c(c3)C(CN)=NCC4=O)cnn2C)sc(C)c1OC1CC1. The number of Topliss-reactive ketones (excluding diaryl/α,β-unsaturated/α-hetero) is 1. The number of carbonyl (C=O) groups is 1. The Morgan fingerprint density at radius 1 is 1.32 bits per heavy atom. The average Bonchev–Trinajstić information content (AvgIpc) is 3.43. The van der Waals surface area contributed by atoms with Crippen molar-refractivity contribution in [3.05, 3.63) is 51.8 Å². The van der Waals surface area contributed by atoms with Gasteiger partial charge in [0.2, 0.25) is 5.69 Å². The molecule has 0 saturated heterocycles. The second-order valence-corrected chi connectivity index (χ2v) is 9.00. The van der Waals surface area contributed by atoms with Gasteiger partial charge in [-0.25, -0.2) is 4.85 Å². The predicted octanol–water partition coefficient (Wildman–Crippen LogP) is 4.16. The molecule has 0 unspecified atom stereocenters. The molecule has 2 aliphatic rings. The Morgan fingerprint density at radius 2 is 2.13 bits per heavy atom. The highest BCUT2D eigenvalue weighted by molar-refractivity contribution is 7.16. The molecule has 0 amide bonds. The van der Waals surface area contributed by atoms with Crippen molar-refractivity contribution in [3.8, 4) is 27.4 Å². The van der Waals surface area contributed by atoms with E-state index < -0.39 is 0 Å². The Morgan fingerprint density at radius 3 is 2.84 bits per heavy atom. The summed E-state index contributed by atoms with van der Waals surface area (Å²) in [6.45, 7) is 10.2. The van der Waals surface area contributed by atoms with Crippen molar-refractivity contribution in [3.63, 3.8) is 0 Å². The van der Waals surface area contributed by atoms with Crippen molar-refractivity contribution in [2.24, 2.45) is 17.8 Å². The third kappa shape index (κ3) is 3.26. The molecule has 2 N–H and O–H groups in total. The van der Waals surface area contributed by atoms with Crippen molar-refractivity contribution < 1.29 is 9.53 Å². The second kappa shape index (κ2) is 7.45. The molecule has 2 aromatic heterocycles. The molecule has 0 atom stereocenters. The standard InChI is InChI=1S/C23H21N5O2S/c1-12-22(30-14-5-6-14)20(25-2)23(31-12)21-17(10-27-28(21)3)13-4-7-15-16(8-13)18(9-24)26-11-19(15)29/h4,7-8,10,14H,5-6,9,11,24H2,1,3H3. The third-order valence-corrected chi connectivity index (χ3v) is 6.71. The van der Waals surface area contributed by atoms with Gasteiger partial charge in [-0.1, -0.05) is 12.1 Å². The van der Waals surface area contributed by atoms with Gasteiger partial charge in [-0.15, -0.1) is 11.3 Å². The fourth-order valence-electron chi connectivity index (χ4n) is 3.89.